The van der Waals surface area contributed by atoms with Crippen molar-refractivity contribution in [3.8, 4) is 0 Å². The van der Waals surface area contributed by atoms with Crippen molar-refractivity contribution in [1.29, 1.82) is 0 Å². The molecule has 0 unspecified atom stereocenters. The summed E-state index contributed by atoms with van der Waals surface area (Å²) in [4.78, 5) is 4.39. The van der Waals surface area contributed by atoms with Gasteiger partial charge in [0, 0.05) is 34.6 Å². The normalized spacial score (nSPS) is 12.1. The SMILES string of the molecule is CC(C)(C)NCc1cn(Cc2cscn2)c2ccccc12. The van der Waals surface area contributed by atoms with Crippen LogP contribution in [0.3, 0.4) is 0 Å². The van der Waals surface area contributed by atoms with Crippen molar-refractivity contribution >= 4 is 22.2 Å². The molecular weight excluding hydrogens is 278 g/mol. The molecule has 0 bridgehead atoms. The summed E-state index contributed by atoms with van der Waals surface area (Å²) in [5.41, 5.74) is 5.75. The first-order valence-electron chi connectivity index (χ1n) is 7.22. The summed E-state index contributed by atoms with van der Waals surface area (Å²) < 4.78 is 2.30. The molecule has 3 nitrogen and oxygen atoms in total. The lowest BCUT2D eigenvalue weighted by atomic mass is 10.1. The molecule has 0 amide bonds. The Morgan fingerprint density at radius 1 is 1.24 bits per heavy atom. The Kier molecular flexibility index (Phi) is 3.83. The van der Waals surface area contributed by atoms with Crippen LogP contribution in [-0.2, 0) is 13.1 Å². The molecule has 3 rings (SSSR count). The minimum atomic E-state index is 0.123. The smallest absolute Gasteiger partial charge is 0.0795 e. The number of nitrogens with zero attached hydrogens (tertiary/aromatic N) is 2. The quantitative estimate of drug-likeness (QED) is 0.788. The summed E-state index contributed by atoms with van der Waals surface area (Å²) in [6, 6.07) is 8.59. The van der Waals surface area contributed by atoms with Gasteiger partial charge in [-0.2, -0.15) is 0 Å². The van der Waals surface area contributed by atoms with E-state index in [1.807, 2.05) is 5.51 Å². The van der Waals surface area contributed by atoms with Crippen LogP contribution in [0.25, 0.3) is 10.9 Å². The largest absolute Gasteiger partial charge is 0.341 e. The molecule has 110 valence electrons. The summed E-state index contributed by atoms with van der Waals surface area (Å²) in [5.74, 6) is 0. The van der Waals surface area contributed by atoms with Crippen LogP contribution in [0.1, 0.15) is 32.0 Å². The van der Waals surface area contributed by atoms with E-state index in [-0.39, 0.29) is 5.54 Å². The Bertz CT molecular complexity index is 720. The van der Waals surface area contributed by atoms with Crippen LogP contribution in [0.4, 0.5) is 0 Å². The Morgan fingerprint density at radius 2 is 2.05 bits per heavy atom. The molecule has 1 aromatic carbocycles. The van der Waals surface area contributed by atoms with E-state index < -0.39 is 0 Å². The number of hydrogen-bond acceptors (Lipinski definition) is 3. The van der Waals surface area contributed by atoms with Crippen LogP contribution in [0.5, 0.6) is 0 Å². The minimum absolute atomic E-state index is 0.123. The van der Waals surface area contributed by atoms with Crippen molar-refractivity contribution < 1.29 is 0 Å². The fourth-order valence-corrected chi connectivity index (χ4v) is 2.99. The lowest BCUT2D eigenvalue weighted by Crippen LogP contribution is -2.34. The van der Waals surface area contributed by atoms with Crippen LogP contribution >= 0.6 is 11.3 Å². The molecule has 0 saturated carbocycles. The van der Waals surface area contributed by atoms with Crippen LogP contribution in [-0.4, -0.2) is 15.1 Å². The molecule has 0 aliphatic heterocycles. The lowest BCUT2D eigenvalue weighted by molar-refractivity contribution is 0.425. The zero-order valence-electron chi connectivity index (χ0n) is 12.8. The maximum absolute atomic E-state index is 4.39. The molecule has 21 heavy (non-hydrogen) atoms. The van der Waals surface area contributed by atoms with E-state index in [9.17, 15) is 0 Å². The number of aromatic nitrogens is 2. The van der Waals surface area contributed by atoms with Crippen LogP contribution < -0.4 is 5.32 Å². The van der Waals surface area contributed by atoms with Gasteiger partial charge in [0.25, 0.3) is 0 Å². The van der Waals surface area contributed by atoms with E-state index in [0.717, 1.165) is 18.8 Å². The van der Waals surface area contributed by atoms with Gasteiger partial charge in [0.2, 0.25) is 0 Å². The van der Waals surface area contributed by atoms with Crippen LogP contribution in [0.15, 0.2) is 41.4 Å². The summed E-state index contributed by atoms with van der Waals surface area (Å²) >= 11 is 1.65. The first-order valence-corrected chi connectivity index (χ1v) is 8.16. The second-order valence-electron chi connectivity index (χ2n) is 6.38. The number of fused-ring (bicyclic) bond motifs is 1. The molecule has 0 aliphatic rings. The summed E-state index contributed by atoms with van der Waals surface area (Å²) in [6.07, 6.45) is 2.25. The minimum Gasteiger partial charge on any atom is -0.341 e. The van der Waals surface area contributed by atoms with Gasteiger partial charge in [-0.05, 0) is 32.4 Å². The third-order valence-corrected chi connectivity index (χ3v) is 4.13. The number of nitrogens with one attached hydrogen (secondary N) is 1. The number of hydrogen-bond donors (Lipinski definition) is 1. The molecule has 0 radical (unpaired) electrons. The van der Waals surface area contributed by atoms with E-state index >= 15 is 0 Å². The average molecular weight is 299 g/mol. The van der Waals surface area contributed by atoms with Crippen molar-refractivity contribution in [3.05, 3.63) is 52.6 Å². The molecule has 0 fully saturated rings. The van der Waals surface area contributed by atoms with Gasteiger partial charge >= 0.3 is 0 Å². The van der Waals surface area contributed by atoms with Gasteiger partial charge in [0.05, 0.1) is 17.7 Å². The Balaban J connectivity index is 1.94. The van der Waals surface area contributed by atoms with E-state index in [2.05, 4.69) is 71.5 Å². The highest BCUT2D eigenvalue weighted by Crippen LogP contribution is 2.23. The Hall–Kier alpha value is -1.65. The zero-order chi connectivity index (χ0) is 14.9. The van der Waals surface area contributed by atoms with Crippen LogP contribution in [0.2, 0.25) is 0 Å². The van der Waals surface area contributed by atoms with Gasteiger partial charge < -0.3 is 9.88 Å². The molecule has 0 atom stereocenters. The molecular formula is C17H21N3S. The lowest BCUT2D eigenvalue weighted by Gasteiger charge is -2.20. The topological polar surface area (TPSA) is 29.9 Å². The first-order chi connectivity index (χ1) is 10.0. The van der Waals surface area contributed by atoms with Crippen molar-refractivity contribution in [1.82, 2.24) is 14.9 Å². The van der Waals surface area contributed by atoms with Crippen molar-refractivity contribution in [3.63, 3.8) is 0 Å². The predicted octanol–water partition coefficient (Wildman–Crippen LogP) is 4.03. The number of rotatable bonds is 4. The molecule has 2 aromatic heterocycles. The molecule has 3 aromatic rings. The molecule has 4 heteroatoms. The van der Waals surface area contributed by atoms with Crippen LogP contribution in [0, 0.1) is 0 Å². The fourth-order valence-electron chi connectivity index (χ4n) is 2.45. The summed E-state index contributed by atoms with van der Waals surface area (Å²) in [5, 5.41) is 7.01. The fraction of sp³-hybridized carbons (Fsp3) is 0.353. The zero-order valence-corrected chi connectivity index (χ0v) is 13.6. The highest BCUT2D eigenvalue weighted by atomic mass is 32.1. The van der Waals surface area contributed by atoms with Gasteiger partial charge in [-0.25, -0.2) is 4.98 Å². The van der Waals surface area contributed by atoms with E-state index in [1.165, 1.54) is 16.5 Å². The van der Waals surface area contributed by atoms with E-state index in [4.69, 9.17) is 0 Å². The third kappa shape index (κ3) is 3.34. The van der Waals surface area contributed by atoms with Gasteiger partial charge in [0.15, 0.2) is 0 Å². The summed E-state index contributed by atoms with van der Waals surface area (Å²) in [7, 11) is 0. The Morgan fingerprint density at radius 3 is 2.76 bits per heavy atom. The number of para-hydroxylation sites is 1. The van der Waals surface area contributed by atoms with Gasteiger partial charge in [-0.3, -0.25) is 0 Å². The second kappa shape index (κ2) is 5.62. The van der Waals surface area contributed by atoms with Gasteiger partial charge in [-0.1, -0.05) is 18.2 Å². The molecule has 0 aliphatic carbocycles. The monoisotopic (exact) mass is 299 g/mol. The van der Waals surface area contributed by atoms with Crippen molar-refractivity contribution in [2.24, 2.45) is 0 Å². The molecule has 0 spiro atoms. The predicted molar refractivity (Wildman–Crippen MR) is 89.7 cm³/mol. The van der Waals surface area contributed by atoms with E-state index in [0.29, 0.717) is 0 Å². The number of benzene rings is 1. The molecule has 1 N–H and O–H groups in total. The molecule has 2 heterocycles. The highest BCUT2D eigenvalue weighted by molar-refractivity contribution is 7.07. The maximum Gasteiger partial charge on any atom is 0.0795 e. The van der Waals surface area contributed by atoms with Crippen molar-refractivity contribution in [2.45, 2.75) is 39.4 Å². The van der Waals surface area contributed by atoms with Crippen molar-refractivity contribution in [2.75, 3.05) is 0 Å². The Labute approximate surface area is 129 Å². The number of thiazole rings is 1. The standard InChI is InChI=1S/C17H21N3S/c1-17(2,3)19-8-13-9-20(10-14-11-21-12-18-14)16-7-5-4-6-15(13)16/h4-7,9,11-12,19H,8,10H2,1-3H3. The first kappa shape index (κ1) is 14.3. The van der Waals surface area contributed by atoms with Gasteiger partial charge in [-0.15, -0.1) is 11.3 Å². The highest BCUT2D eigenvalue weighted by Gasteiger charge is 2.13. The summed E-state index contributed by atoms with van der Waals surface area (Å²) in [6.45, 7) is 8.30. The molecule has 0 saturated heterocycles. The van der Waals surface area contributed by atoms with E-state index in [1.54, 1.807) is 11.3 Å². The second-order valence-corrected chi connectivity index (χ2v) is 7.10. The van der Waals surface area contributed by atoms with Gasteiger partial charge in [0.1, 0.15) is 0 Å². The maximum atomic E-state index is 4.39. The average Bonchev–Trinajstić information content (AvgIpc) is 3.05. The third-order valence-electron chi connectivity index (χ3n) is 3.50.